The van der Waals surface area contributed by atoms with Crippen molar-refractivity contribution in [3.05, 3.63) is 41.4 Å². The number of halogens is 1. The third kappa shape index (κ3) is 3.36. The average molecular weight is 307 g/mol. The van der Waals surface area contributed by atoms with Crippen molar-refractivity contribution in [1.29, 1.82) is 0 Å². The van der Waals surface area contributed by atoms with Crippen LogP contribution in [0.1, 0.15) is 18.4 Å². The van der Waals surface area contributed by atoms with Gasteiger partial charge >= 0.3 is 0 Å². The van der Waals surface area contributed by atoms with E-state index in [1.54, 1.807) is 19.8 Å². The second-order valence-corrected chi connectivity index (χ2v) is 5.78. The number of nitrogens with zero attached hydrogens (tertiary/aromatic N) is 4. The van der Waals surface area contributed by atoms with E-state index in [9.17, 15) is 0 Å². The maximum Gasteiger partial charge on any atom is 0.137 e. The minimum atomic E-state index is 0.482. The average Bonchev–Trinajstić information content (AvgIpc) is 3.12. The number of likely N-dealkylation sites (tertiary alicyclic amines) is 1. The molecule has 21 heavy (non-hydrogen) atoms. The Labute approximate surface area is 129 Å². The van der Waals surface area contributed by atoms with Crippen LogP contribution in [0.3, 0.4) is 0 Å². The lowest BCUT2D eigenvalue weighted by molar-refractivity contribution is 0.216. The van der Waals surface area contributed by atoms with Crippen molar-refractivity contribution < 1.29 is 4.74 Å². The molecule has 1 aliphatic rings. The molecule has 1 atom stereocenters. The largest absolute Gasteiger partial charge is 0.496 e. The Morgan fingerprint density at radius 1 is 1.43 bits per heavy atom. The van der Waals surface area contributed by atoms with Crippen LogP contribution in [0, 0.1) is 0 Å². The van der Waals surface area contributed by atoms with Crippen molar-refractivity contribution >= 4 is 11.6 Å². The molecule has 0 amide bonds. The van der Waals surface area contributed by atoms with Crippen LogP contribution in [0.4, 0.5) is 0 Å². The smallest absolute Gasteiger partial charge is 0.137 e. The minimum absolute atomic E-state index is 0.482. The quantitative estimate of drug-likeness (QED) is 0.851. The third-order valence-electron chi connectivity index (χ3n) is 3.98. The van der Waals surface area contributed by atoms with E-state index in [2.05, 4.69) is 15.0 Å². The molecule has 6 heteroatoms. The summed E-state index contributed by atoms with van der Waals surface area (Å²) in [5.41, 5.74) is 1.13. The van der Waals surface area contributed by atoms with Crippen LogP contribution in [-0.2, 0) is 13.1 Å². The molecule has 5 nitrogen and oxygen atoms in total. The van der Waals surface area contributed by atoms with Crippen LogP contribution in [0.2, 0.25) is 5.02 Å². The summed E-state index contributed by atoms with van der Waals surface area (Å²) >= 11 is 6.11. The van der Waals surface area contributed by atoms with Gasteiger partial charge in [0.05, 0.1) is 13.7 Å². The lowest BCUT2D eigenvalue weighted by atomic mass is 10.1. The van der Waals surface area contributed by atoms with E-state index in [1.165, 1.54) is 12.8 Å². The highest BCUT2D eigenvalue weighted by Crippen LogP contribution is 2.27. The molecule has 0 N–H and O–H groups in total. The van der Waals surface area contributed by atoms with Crippen LogP contribution in [0.15, 0.2) is 30.9 Å². The molecule has 112 valence electrons. The molecule has 0 unspecified atom stereocenters. The Morgan fingerprint density at radius 3 is 3.10 bits per heavy atom. The van der Waals surface area contributed by atoms with Gasteiger partial charge in [0.25, 0.3) is 0 Å². The SMILES string of the molecule is COc1ccc(Cl)cc1CN1CCC[C@@H]1Cn1cncn1. The summed E-state index contributed by atoms with van der Waals surface area (Å²) in [6, 6.07) is 6.27. The third-order valence-corrected chi connectivity index (χ3v) is 4.21. The summed E-state index contributed by atoms with van der Waals surface area (Å²) in [5.74, 6) is 0.894. The molecule has 1 aromatic carbocycles. The fraction of sp³-hybridized carbons (Fsp3) is 0.467. The van der Waals surface area contributed by atoms with Gasteiger partial charge in [0.15, 0.2) is 0 Å². The van der Waals surface area contributed by atoms with Gasteiger partial charge in [-0.25, -0.2) is 4.98 Å². The molecule has 0 bridgehead atoms. The number of ether oxygens (including phenoxy) is 1. The van der Waals surface area contributed by atoms with Crippen molar-refractivity contribution in [2.24, 2.45) is 0 Å². The summed E-state index contributed by atoms with van der Waals surface area (Å²) in [5, 5.41) is 4.95. The van der Waals surface area contributed by atoms with Gasteiger partial charge in [-0.15, -0.1) is 0 Å². The van der Waals surface area contributed by atoms with E-state index in [-0.39, 0.29) is 0 Å². The van der Waals surface area contributed by atoms with E-state index in [0.717, 1.165) is 36.0 Å². The summed E-state index contributed by atoms with van der Waals surface area (Å²) < 4.78 is 7.34. The topological polar surface area (TPSA) is 43.2 Å². The number of rotatable bonds is 5. The van der Waals surface area contributed by atoms with E-state index >= 15 is 0 Å². The normalized spacial score (nSPS) is 19.0. The first-order chi connectivity index (χ1) is 10.3. The Bertz CT molecular complexity index is 587. The lowest BCUT2D eigenvalue weighted by Crippen LogP contribution is -2.32. The number of benzene rings is 1. The minimum Gasteiger partial charge on any atom is -0.496 e. The number of hydrogen-bond acceptors (Lipinski definition) is 4. The zero-order chi connectivity index (χ0) is 14.7. The summed E-state index contributed by atoms with van der Waals surface area (Å²) in [6.07, 6.45) is 5.75. The van der Waals surface area contributed by atoms with Crippen molar-refractivity contribution in [2.45, 2.75) is 32.0 Å². The van der Waals surface area contributed by atoms with Crippen molar-refractivity contribution in [2.75, 3.05) is 13.7 Å². The first-order valence-electron chi connectivity index (χ1n) is 7.15. The lowest BCUT2D eigenvalue weighted by Gasteiger charge is -2.25. The molecule has 0 saturated carbocycles. The first-order valence-corrected chi connectivity index (χ1v) is 7.53. The van der Waals surface area contributed by atoms with Crippen molar-refractivity contribution in [1.82, 2.24) is 19.7 Å². The zero-order valence-electron chi connectivity index (χ0n) is 12.1. The van der Waals surface area contributed by atoms with E-state index < -0.39 is 0 Å². The second-order valence-electron chi connectivity index (χ2n) is 5.34. The van der Waals surface area contributed by atoms with Crippen molar-refractivity contribution in [3.63, 3.8) is 0 Å². The van der Waals surface area contributed by atoms with Gasteiger partial charge in [-0.05, 0) is 37.6 Å². The molecular formula is C15H19ClN4O. The second kappa shape index (κ2) is 6.45. The van der Waals surface area contributed by atoms with Gasteiger partial charge in [0.2, 0.25) is 0 Å². The van der Waals surface area contributed by atoms with Crippen LogP contribution < -0.4 is 4.74 Å². The van der Waals surface area contributed by atoms with Crippen LogP contribution in [0.25, 0.3) is 0 Å². The highest BCUT2D eigenvalue weighted by atomic mass is 35.5. The van der Waals surface area contributed by atoms with Gasteiger partial charge < -0.3 is 4.74 Å². The molecule has 0 aliphatic carbocycles. The highest BCUT2D eigenvalue weighted by Gasteiger charge is 2.25. The maximum absolute atomic E-state index is 6.11. The van der Waals surface area contributed by atoms with Crippen LogP contribution in [0.5, 0.6) is 5.75 Å². The summed E-state index contributed by atoms with van der Waals surface area (Å²) in [6.45, 7) is 2.82. The van der Waals surface area contributed by atoms with E-state index in [1.807, 2.05) is 22.9 Å². The Balaban J connectivity index is 1.72. The molecule has 2 heterocycles. The fourth-order valence-corrected chi connectivity index (χ4v) is 3.14. The zero-order valence-corrected chi connectivity index (χ0v) is 12.8. The Morgan fingerprint density at radius 2 is 2.33 bits per heavy atom. The first kappa shape index (κ1) is 14.4. The standard InChI is InChI=1S/C15H19ClN4O/c1-21-15-5-4-13(16)7-12(15)8-19-6-2-3-14(19)9-20-11-17-10-18-20/h4-5,7,10-11,14H,2-3,6,8-9H2,1H3/t14-/m1/s1. The monoisotopic (exact) mass is 306 g/mol. The predicted molar refractivity (Wildman–Crippen MR) is 81.5 cm³/mol. The van der Waals surface area contributed by atoms with Gasteiger partial charge in [-0.2, -0.15) is 5.10 Å². The van der Waals surface area contributed by atoms with Crippen LogP contribution in [-0.4, -0.2) is 39.4 Å². The summed E-state index contributed by atoms with van der Waals surface area (Å²) in [7, 11) is 1.70. The van der Waals surface area contributed by atoms with Crippen molar-refractivity contribution in [3.8, 4) is 5.75 Å². The molecule has 1 aromatic heterocycles. The molecule has 1 fully saturated rings. The maximum atomic E-state index is 6.11. The van der Waals surface area contributed by atoms with Gasteiger partial charge in [0, 0.05) is 23.2 Å². The fourth-order valence-electron chi connectivity index (χ4n) is 2.94. The summed E-state index contributed by atoms with van der Waals surface area (Å²) in [4.78, 5) is 6.48. The molecule has 2 aromatic rings. The van der Waals surface area contributed by atoms with E-state index in [0.29, 0.717) is 6.04 Å². The van der Waals surface area contributed by atoms with Gasteiger partial charge in [0.1, 0.15) is 18.4 Å². The van der Waals surface area contributed by atoms with Crippen LogP contribution >= 0.6 is 11.6 Å². The number of methoxy groups -OCH3 is 1. The number of aromatic nitrogens is 3. The molecule has 3 rings (SSSR count). The Hall–Kier alpha value is -1.59. The molecule has 1 saturated heterocycles. The predicted octanol–water partition coefficient (Wildman–Crippen LogP) is 2.60. The van der Waals surface area contributed by atoms with E-state index in [4.69, 9.17) is 16.3 Å². The highest BCUT2D eigenvalue weighted by molar-refractivity contribution is 6.30. The number of hydrogen-bond donors (Lipinski definition) is 0. The van der Waals surface area contributed by atoms with Gasteiger partial charge in [-0.1, -0.05) is 11.6 Å². The molecule has 1 aliphatic heterocycles. The van der Waals surface area contributed by atoms with Gasteiger partial charge in [-0.3, -0.25) is 9.58 Å². The molecule has 0 radical (unpaired) electrons. The molecule has 0 spiro atoms. The Kier molecular flexibility index (Phi) is 4.41. The molecular weight excluding hydrogens is 288 g/mol.